The van der Waals surface area contributed by atoms with Crippen molar-refractivity contribution in [1.29, 1.82) is 0 Å². The molecular weight excluding hydrogens is 426 g/mol. The number of allylic oxidation sites excluding steroid dienone is 1. The van der Waals surface area contributed by atoms with Gasteiger partial charge < -0.3 is 9.30 Å². The number of carbonyl (C=O) groups excluding carboxylic acids is 2. The highest BCUT2D eigenvalue weighted by atomic mass is 16.5. The number of aryl methyl sites for hydroxylation is 1. The van der Waals surface area contributed by atoms with Crippen LogP contribution < -0.4 is 0 Å². The lowest BCUT2D eigenvalue weighted by molar-refractivity contribution is 0.0518. The van der Waals surface area contributed by atoms with Gasteiger partial charge in [0.05, 0.1) is 23.3 Å². The minimum Gasteiger partial charge on any atom is -0.461 e. The normalized spacial score (nSPS) is 11.5. The lowest BCUT2D eigenvalue weighted by atomic mass is 10.0. The molecule has 0 saturated carbocycles. The van der Waals surface area contributed by atoms with Gasteiger partial charge in [0.2, 0.25) is 5.78 Å². The van der Waals surface area contributed by atoms with Crippen LogP contribution in [0.5, 0.6) is 0 Å². The maximum Gasteiger partial charge on any atom is 0.357 e. The molecule has 0 unspecified atom stereocenters. The zero-order valence-electron chi connectivity index (χ0n) is 18.9. The Labute approximate surface area is 196 Å². The molecule has 34 heavy (non-hydrogen) atoms. The molecule has 0 radical (unpaired) electrons. The zero-order chi connectivity index (χ0) is 23.7. The molecule has 0 atom stereocenters. The number of carbonyl (C=O) groups is 2. The van der Waals surface area contributed by atoms with Gasteiger partial charge in [-0.15, -0.1) is 0 Å². The standard InChI is InChI=1S/C28H23N3O3/c1-3-34-27(33)26-22(29-28-30(2)23-11-7-8-12-24(23)31(26)28)17-18-25(32)21-15-13-20(14-16-21)19-9-5-4-6-10-19/h4-18H,3H2,1-2H3/b18-17+. The van der Waals surface area contributed by atoms with Crippen molar-refractivity contribution >= 4 is 34.6 Å². The summed E-state index contributed by atoms with van der Waals surface area (Å²) in [5.74, 6) is -0.0504. The summed E-state index contributed by atoms with van der Waals surface area (Å²) in [6, 6.07) is 25.2. The predicted octanol–water partition coefficient (Wildman–Crippen LogP) is 5.57. The van der Waals surface area contributed by atoms with E-state index in [1.807, 2.05) is 78.3 Å². The molecule has 5 aromatic rings. The molecule has 0 spiro atoms. The van der Waals surface area contributed by atoms with Crippen molar-refractivity contribution in [2.24, 2.45) is 7.05 Å². The average Bonchev–Trinajstić information content (AvgIpc) is 3.39. The molecule has 2 aromatic heterocycles. The summed E-state index contributed by atoms with van der Waals surface area (Å²) in [7, 11) is 1.90. The van der Waals surface area contributed by atoms with E-state index in [0.717, 1.165) is 22.2 Å². The molecule has 3 aromatic carbocycles. The van der Waals surface area contributed by atoms with Crippen LogP contribution in [0, 0.1) is 0 Å². The number of benzene rings is 3. The number of imidazole rings is 2. The molecule has 0 amide bonds. The lowest BCUT2D eigenvalue weighted by Crippen LogP contribution is -2.09. The molecule has 6 heteroatoms. The molecule has 0 fully saturated rings. The fourth-order valence-electron chi connectivity index (χ4n) is 4.14. The Morgan fingerprint density at radius 1 is 0.882 bits per heavy atom. The monoisotopic (exact) mass is 449 g/mol. The van der Waals surface area contributed by atoms with E-state index in [4.69, 9.17) is 4.74 Å². The molecule has 2 heterocycles. The van der Waals surface area contributed by atoms with E-state index >= 15 is 0 Å². The Bertz CT molecular complexity index is 1540. The fraction of sp³-hybridized carbons (Fsp3) is 0.107. The number of rotatable bonds is 6. The number of ketones is 1. The summed E-state index contributed by atoms with van der Waals surface area (Å²) in [6.45, 7) is 2.00. The second kappa shape index (κ2) is 8.83. The van der Waals surface area contributed by atoms with E-state index in [-0.39, 0.29) is 12.4 Å². The molecule has 5 rings (SSSR count). The highest BCUT2D eigenvalue weighted by Gasteiger charge is 2.23. The minimum atomic E-state index is -0.481. The summed E-state index contributed by atoms with van der Waals surface area (Å²) in [4.78, 5) is 30.4. The van der Waals surface area contributed by atoms with Gasteiger partial charge in [-0.3, -0.25) is 9.20 Å². The first kappa shape index (κ1) is 21.4. The van der Waals surface area contributed by atoms with Crippen LogP contribution in [0.3, 0.4) is 0 Å². The maximum absolute atomic E-state index is 12.9. The summed E-state index contributed by atoms with van der Waals surface area (Å²) < 4.78 is 9.01. The highest BCUT2D eigenvalue weighted by molar-refractivity contribution is 6.07. The van der Waals surface area contributed by atoms with Crippen LogP contribution in [-0.2, 0) is 11.8 Å². The molecule has 0 N–H and O–H groups in total. The van der Waals surface area contributed by atoms with Crippen LogP contribution >= 0.6 is 0 Å². The average molecular weight is 450 g/mol. The summed E-state index contributed by atoms with van der Waals surface area (Å²) >= 11 is 0. The number of esters is 1. The molecule has 0 aliphatic rings. The van der Waals surface area contributed by atoms with Crippen molar-refractivity contribution in [3.05, 3.63) is 102 Å². The van der Waals surface area contributed by atoms with Crippen LogP contribution in [0.1, 0.15) is 33.5 Å². The van der Waals surface area contributed by atoms with Crippen LogP contribution in [-0.4, -0.2) is 32.3 Å². The Kier molecular flexibility index (Phi) is 5.55. The van der Waals surface area contributed by atoms with Crippen molar-refractivity contribution in [2.75, 3.05) is 6.61 Å². The Hall–Kier alpha value is -4.45. The smallest absolute Gasteiger partial charge is 0.357 e. The number of ether oxygens (including phenoxy) is 1. The third kappa shape index (κ3) is 3.69. The number of para-hydroxylation sites is 2. The summed E-state index contributed by atoms with van der Waals surface area (Å²) in [6.07, 6.45) is 3.03. The van der Waals surface area contributed by atoms with E-state index < -0.39 is 5.97 Å². The second-order valence-corrected chi connectivity index (χ2v) is 7.89. The molecule has 0 aliphatic heterocycles. The van der Waals surface area contributed by atoms with Crippen molar-refractivity contribution in [3.8, 4) is 11.1 Å². The topological polar surface area (TPSA) is 65.6 Å². The van der Waals surface area contributed by atoms with Gasteiger partial charge in [0.25, 0.3) is 0 Å². The van der Waals surface area contributed by atoms with Crippen molar-refractivity contribution in [1.82, 2.24) is 14.0 Å². The Morgan fingerprint density at radius 2 is 1.53 bits per heavy atom. The Balaban J connectivity index is 1.51. The van der Waals surface area contributed by atoms with Gasteiger partial charge in [-0.25, -0.2) is 9.78 Å². The minimum absolute atomic E-state index is 0.170. The van der Waals surface area contributed by atoms with Gasteiger partial charge in [-0.1, -0.05) is 66.7 Å². The number of fused-ring (bicyclic) bond motifs is 3. The molecule has 0 bridgehead atoms. The quantitative estimate of drug-likeness (QED) is 0.193. The first-order valence-electron chi connectivity index (χ1n) is 11.1. The molecule has 0 aliphatic carbocycles. The van der Waals surface area contributed by atoms with Gasteiger partial charge in [0.15, 0.2) is 11.5 Å². The van der Waals surface area contributed by atoms with Crippen molar-refractivity contribution in [3.63, 3.8) is 0 Å². The van der Waals surface area contributed by atoms with E-state index in [9.17, 15) is 9.59 Å². The van der Waals surface area contributed by atoms with Gasteiger partial charge in [0.1, 0.15) is 0 Å². The summed E-state index contributed by atoms with van der Waals surface area (Å²) in [5.41, 5.74) is 5.17. The van der Waals surface area contributed by atoms with Gasteiger partial charge in [-0.2, -0.15) is 0 Å². The second-order valence-electron chi connectivity index (χ2n) is 7.89. The van der Waals surface area contributed by atoms with E-state index in [1.165, 1.54) is 6.08 Å². The predicted molar refractivity (Wildman–Crippen MR) is 133 cm³/mol. The SMILES string of the molecule is CCOC(=O)c1c(/C=C/C(=O)c2ccc(-c3ccccc3)cc2)nc2n(C)c3ccccc3n12. The molecule has 0 saturated heterocycles. The fourth-order valence-corrected chi connectivity index (χ4v) is 4.14. The first-order valence-corrected chi connectivity index (χ1v) is 11.1. The van der Waals surface area contributed by atoms with Crippen molar-refractivity contribution in [2.45, 2.75) is 6.92 Å². The van der Waals surface area contributed by atoms with Crippen LogP contribution in [0.25, 0.3) is 34.0 Å². The van der Waals surface area contributed by atoms with Gasteiger partial charge in [-0.05, 0) is 42.3 Å². The zero-order valence-corrected chi connectivity index (χ0v) is 18.9. The summed E-state index contributed by atoms with van der Waals surface area (Å²) in [5, 5.41) is 0. The number of hydrogen-bond donors (Lipinski definition) is 0. The maximum atomic E-state index is 12.9. The Morgan fingerprint density at radius 3 is 2.24 bits per heavy atom. The van der Waals surface area contributed by atoms with Crippen LogP contribution in [0.2, 0.25) is 0 Å². The third-order valence-corrected chi connectivity index (χ3v) is 5.81. The van der Waals surface area contributed by atoms with Crippen LogP contribution in [0.4, 0.5) is 0 Å². The molecule has 6 nitrogen and oxygen atoms in total. The van der Waals surface area contributed by atoms with Gasteiger partial charge >= 0.3 is 5.97 Å². The molecule has 168 valence electrons. The first-order chi connectivity index (χ1) is 16.6. The van der Waals surface area contributed by atoms with Crippen LogP contribution in [0.15, 0.2) is 84.9 Å². The lowest BCUT2D eigenvalue weighted by Gasteiger charge is -2.03. The van der Waals surface area contributed by atoms with Crippen molar-refractivity contribution < 1.29 is 14.3 Å². The molecular formula is C28H23N3O3. The number of aromatic nitrogens is 3. The highest BCUT2D eigenvalue weighted by Crippen LogP contribution is 2.25. The third-order valence-electron chi connectivity index (χ3n) is 5.81. The van der Waals surface area contributed by atoms with E-state index in [0.29, 0.717) is 22.7 Å². The number of hydrogen-bond acceptors (Lipinski definition) is 4. The number of nitrogens with zero attached hydrogens (tertiary/aromatic N) is 3. The van der Waals surface area contributed by atoms with E-state index in [2.05, 4.69) is 4.98 Å². The largest absolute Gasteiger partial charge is 0.461 e. The van der Waals surface area contributed by atoms with E-state index in [1.54, 1.807) is 29.5 Å². The van der Waals surface area contributed by atoms with Gasteiger partial charge in [0, 0.05) is 12.6 Å².